The molecule has 0 aliphatic rings. The van der Waals surface area contributed by atoms with E-state index in [1.165, 1.54) is 19.2 Å². The molecule has 0 bridgehead atoms. The minimum Gasteiger partial charge on any atom is -0.465 e. The fourth-order valence-electron chi connectivity index (χ4n) is 2.17. The van der Waals surface area contributed by atoms with Gasteiger partial charge in [-0.15, -0.1) is 0 Å². The average Bonchev–Trinajstić information content (AvgIpc) is 2.90. The first-order valence-electron chi connectivity index (χ1n) is 6.21. The third kappa shape index (κ3) is 2.20. The first-order valence-corrected chi connectivity index (χ1v) is 6.21. The molecule has 6 heteroatoms. The molecule has 0 spiro atoms. The van der Waals surface area contributed by atoms with Crippen molar-refractivity contribution in [3.05, 3.63) is 54.1 Å². The van der Waals surface area contributed by atoms with Crippen LogP contribution in [0.5, 0.6) is 0 Å². The van der Waals surface area contributed by atoms with Gasteiger partial charge in [0.05, 0.1) is 24.6 Å². The molecule has 2 aromatic heterocycles. The van der Waals surface area contributed by atoms with Gasteiger partial charge in [-0.3, -0.25) is 4.40 Å². The van der Waals surface area contributed by atoms with E-state index in [1.807, 2.05) is 0 Å². The Morgan fingerprint density at radius 3 is 2.90 bits per heavy atom. The second-order valence-electron chi connectivity index (χ2n) is 4.51. The molecular formula is C15H12FN3O2. The zero-order valence-corrected chi connectivity index (χ0v) is 11.2. The van der Waals surface area contributed by atoms with Gasteiger partial charge in [-0.1, -0.05) is 6.07 Å². The number of carbonyl (C=O) groups excluding carboxylic acids is 1. The lowest BCUT2D eigenvalue weighted by Crippen LogP contribution is -2.05. The van der Waals surface area contributed by atoms with Gasteiger partial charge < -0.3 is 10.5 Å². The molecule has 0 aliphatic heterocycles. The molecule has 0 amide bonds. The number of hydrogen-bond acceptors (Lipinski definition) is 4. The smallest absolute Gasteiger partial charge is 0.339 e. The zero-order valence-electron chi connectivity index (χ0n) is 11.2. The van der Waals surface area contributed by atoms with E-state index < -0.39 is 5.97 Å². The molecule has 0 fully saturated rings. The number of imidazole rings is 1. The second-order valence-corrected chi connectivity index (χ2v) is 4.51. The third-order valence-corrected chi connectivity index (χ3v) is 3.23. The molecule has 3 aromatic rings. The van der Waals surface area contributed by atoms with Gasteiger partial charge >= 0.3 is 5.97 Å². The van der Waals surface area contributed by atoms with Gasteiger partial charge in [0.2, 0.25) is 0 Å². The molecular weight excluding hydrogens is 273 g/mol. The Balaban J connectivity index is 2.17. The molecule has 0 radical (unpaired) electrons. The van der Waals surface area contributed by atoms with Crippen molar-refractivity contribution in [1.82, 2.24) is 9.38 Å². The Bertz CT molecular complexity index is 842. The minimum absolute atomic E-state index is 0.284. The lowest BCUT2D eigenvalue weighted by atomic mass is 10.1. The highest BCUT2D eigenvalue weighted by Gasteiger charge is 2.13. The van der Waals surface area contributed by atoms with E-state index in [4.69, 9.17) is 10.5 Å². The van der Waals surface area contributed by atoms with Crippen LogP contribution in [0.3, 0.4) is 0 Å². The zero-order chi connectivity index (χ0) is 15.0. The van der Waals surface area contributed by atoms with E-state index >= 15 is 0 Å². The van der Waals surface area contributed by atoms with E-state index in [0.717, 1.165) is 11.3 Å². The number of rotatable bonds is 2. The van der Waals surface area contributed by atoms with Crippen molar-refractivity contribution in [2.75, 3.05) is 12.8 Å². The number of nitrogen functional groups attached to an aromatic ring is 1. The third-order valence-electron chi connectivity index (χ3n) is 3.23. The van der Waals surface area contributed by atoms with Crippen LogP contribution in [0, 0.1) is 5.82 Å². The molecule has 21 heavy (non-hydrogen) atoms. The first-order chi connectivity index (χ1) is 10.1. The van der Waals surface area contributed by atoms with Crippen LogP contribution in [0.2, 0.25) is 0 Å². The summed E-state index contributed by atoms with van der Waals surface area (Å²) in [6, 6.07) is 7.71. The fraction of sp³-hybridized carbons (Fsp3) is 0.0667. The van der Waals surface area contributed by atoms with Crippen LogP contribution in [-0.2, 0) is 4.74 Å². The predicted molar refractivity (Wildman–Crippen MR) is 76.3 cm³/mol. The van der Waals surface area contributed by atoms with Crippen molar-refractivity contribution in [2.45, 2.75) is 0 Å². The SMILES string of the molecule is COC(=O)c1cc(-c2cnc3cc(F)ccn23)ccc1N. The summed E-state index contributed by atoms with van der Waals surface area (Å²) in [5.74, 6) is -0.860. The topological polar surface area (TPSA) is 69.6 Å². The summed E-state index contributed by atoms with van der Waals surface area (Å²) in [5, 5.41) is 0. The van der Waals surface area contributed by atoms with Crippen LogP contribution in [0.15, 0.2) is 42.7 Å². The van der Waals surface area contributed by atoms with Crippen LogP contribution in [-0.4, -0.2) is 22.5 Å². The van der Waals surface area contributed by atoms with Crippen LogP contribution in [0.25, 0.3) is 16.9 Å². The average molecular weight is 285 g/mol. The summed E-state index contributed by atoms with van der Waals surface area (Å²) in [6.07, 6.45) is 3.20. The predicted octanol–water partition coefficient (Wildman–Crippen LogP) is 2.51. The van der Waals surface area contributed by atoms with Crippen molar-refractivity contribution in [1.29, 1.82) is 0 Å². The van der Waals surface area contributed by atoms with Crippen molar-refractivity contribution in [3.63, 3.8) is 0 Å². The monoisotopic (exact) mass is 285 g/mol. The number of fused-ring (bicyclic) bond motifs is 1. The maximum Gasteiger partial charge on any atom is 0.339 e. The van der Waals surface area contributed by atoms with Gasteiger partial charge in [0.1, 0.15) is 11.5 Å². The molecule has 1 aromatic carbocycles. The number of esters is 1. The molecule has 2 heterocycles. The Kier molecular flexibility index (Phi) is 3.06. The number of halogens is 1. The fourth-order valence-corrected chi connectivity index (χ4v) is 2.17. The van der Waals surface area contributed by atoms with Gasteiger partial charge in [0.15, 0.2) is 0 Å². The molecule has 0 saturated heterocycles. The quantitative estimate of drug-likeness (QED) is 0.580. The van der Waals surface area contributed by atoms with E-state index in [1.54, 1.807) is 35.0 Å². The van der Waals surface area contributed by atoms with Crippen LogP contribution >= 0.6 is 0 Å². The summed E-state index contributed by atoms with van der Waals surface area (Å²) < 4.78 is 19.6. The summed E-state index contributed by atoms with van der Waals surface area (Å²) in [6.45, 7) is 0. The van der Waals surface area contributed by atoms with Crippen molar-refractivity contribution in [2.24, 2.45) is 0 Å². The number of ether oxygens (including phenoxy) is 1. The number of nitrogens with zero attached hydrogens (tertiary/aromatic N) is 2. The van der Waals surface area contributed by atoms with Crippen molar-refractivity contribution >= 4 is 17.3 Å². The highest BCUT2D eigenvalue weighted by atomic mass is 19.1. The number of hydrogen-bond donors (Lipinski definition) is 1. The second kappa shape index (κ2) is 4.90. The highest BCUT2D eigenvalue weighted by molar-refractivity contribution is 5.96. The number of carbonyl (C=O) groups is 1. The molecule has 3 rings (SSSR count). The number of aromatic nitrogens is 2. The summed E-state index contributed by atoms with van der Waals surface area (Å²) in [5.41, 5.74) is 8.36. The van der Waals surface area contributed by atoms with Crippen LogP contribution in [0.1, 0.15) is 10.4 Å². The Hall–Kier alpha value is -2.89. The molecule has 5 nitrogen and oxygen atoms in total. The number of pyridine rings is 1. The molecule has 2 N–H and O–H groups in total. The lowest BCUT2D eigenvalue weighted by molar-refractivity contribution is 0.0602. The van der Waals surface area contributed by atoms with Gasteiger partial charge in [-0.2, -0.15) is 0 Å². The van der Waals surface area contributed by atoms with E-state index in [2.05, 4.69) is 4.98 Å². The molecule has 0 saturated carbocycles. The number of nitrogens with two attached hydrogens (primary N) is 1. The Labute approximate surface area is 119 Å². The number of methoxy groups -OCH3 is 1. The summed E-state index contributed by atoms with van der Waals surface area (Å²) in [7, 11) is 1.30. The standard InChI is InChI=1S/C15H12FN3O2/c1-21-15(20)11-6-9(2-3-12(11)17)13-8-18-14-7-10(16)4-5-19(13)14/h2-8H,17H2,1H3. The van der Waals surface area contributed by atoms with Gasteiger partial charge in [-0.05, 0) is 18.2 Å². The molecule has 0 unspecified atom stereocenters. The van der Waals surface area contributed by atoms with E-state index in [0.29, 0.717) is 11.3 Å². The molecule has 0 aliphatic carbocycles. The van der Waals surface area contributed by atoms with E-state index in [9.17, 15) is 9.18 Å². The van der Waals surface area contributed by atoms with Gasteiger partial charge in [0.25, 0.3) is 0 Å². The van der Waals surface area contributed by atoms with E-state index in [-0.39, 0.29) is 11.4 Å². The van der Waals surface area contributed by atoms with Crippen molar-refractivity contribution < 1.29 is 13.9 Å². The maximum atomic E-state index is 13.2. The Morgan fingerprint density at radius 1 is 1.33 bits per heavy atom. The Morgan fingerprint density at radius 2 is 2.14 bits per heavy atom. The number of anilines is 1. The highest BCUT2D eigenvalue weighted by Crippen LogP contribution is 2.25. The molecule has 106 valence electrons. The van der Waals surface area contributed by atoms with Gasteiger partial charge in [0, 0.05) is 23.5 Å². The van der Waals surface area contributed by atoms with Gasteiger partial charge in [-0.25, -0.2) is 14.2 Å². The summed E-state index contributed by atoms with van der Waals surface area (Å²) >= 11 is 0. The minimum atomic E-state index is -0.505. The largest absolute Gasteiger partial charge is 0.465 e. The molecule has 0 atom stereocenters. The maximum absolute atomic E-state index is 13.2. The summed E-state index contributed by atoms with van der Waals surface area (Å²) in [4.78, 5) is 15.8. The van der Waals surface area contributed by atoms with Crippen LogP contribution < -0.4 is 5.73 Å². The normalized spacial score (nSPS) is 10.8. The number of benzene rings is 1. The first kappa shape index (κ1) is 13.1. The van der Waals surface area contributed by atoms with Crippen LogP contribution in [0.4, 0.5) is 10.1 Å². The lowest BCUT2D eigenvalue weighted by Gasteiger charge is -2.07. The van der Waals surface area contributed by atoms with Crippen molar-refractivity contribution in [3.8, 4) is 11.3 Å².